The van der Waals surface area contributed by atoms with Crippen LogP contribution in [-0.2, 0) is 17.8 Å². The van der Waals surface area contributed by atoms with Crippen LogP contribution in [0.15, 0.2) is 71.3 Å². The maximum Gasteiger partial charge on any atom is 0.225 e. The maximum absolute atomic E-state index is 12.2. The van der Waals surface area contributed by atoms with Gasteiger partial charge in [0.2, 0.25) is 5.91 Å². The Balaban J connectivity index is 1.59. The molecule has 3 aromatic rings. The fourth-order valence-corrected chi connectivity index (χ4v) is 2.96. The highest BCUT2D eigenvalue weighted by atomic mass is 79.9. The second-order valence-corrected chi connectivity index (χ2v) is 6.35. The second kappa shape index (κ2) is 7.93. The highest BCUT2D eigenvalue weighted by Gasteiger charge is 2.09. The van der Waals surface area contributed by atoms with E-state index in [9.17, 15) is 4.79 Å². The van der Waals surface area contributed by atoms with E-state index in [1.807, 2.05) is 60.7 Å². The summed E-state index contributed by atoms with van der Waals surface area (Å²) in [6, 6.07) is 19.8. The summed E-state index contributed by atoms with van der Waals surface area (Å²) in [7, 11) is 0. The first-order valence-corrected chi connectivity index (χ1v) is 8.60. The summed E-state index contributed by atoms with van der Waals surface area (Å²) in [6.07, 6.45) is 2.82. The van der Waals surface area contributed by atoms with E-state index in [-0.39, 0.29) is 5.91 Å². The fourth-order valence-electron chi connectivity index (χ4n) is 2.48. The lowest BCUT2D eigenvalue weighted by Gasteiger charge is -2.09. The van der Waals surface area contributed by atoms with Crippen molar-refractivity contribution < 1.29 is 4.79 Å². The van der Waals surface area contributed by atoms with Crippen molar-refractivity contribution in [1.29, 1.82) is 0 Å². The Morgan fingerprint density at radius 1 is 1.04 bits per heavy atom. The number of carbonyl (C=O) groups is 1. The molecule has 4 nitrogen and oxygen atoms in total. The Morgan fingerprint density at radius 2 is 1.79 bits per heavy atom. The average molecular weight is 384 g/mol. The lowest BCUT2D eigenvalue weighted by Crippen LogP contribution is -2.16. The van der Waals surface area contributed by atoms with E-state index in [2.05, 4.69) is 26.3 Å². The van der Waals surface area contributed by atoms with Crippen molar-refractivity contribution in [2.24, 2.45) is 0 Å². The van der Waals surface area contributed by atoms with Crippen molar-refractivity contribution in [3.8, 4) is 0 Å². The van der Waals surface area contributed by atoms with Gasteiger partial charge in [0.1, 0.15) is 5.82 Å². The molecule has 122 valence electrons. The first-order valence-electron chi connectivity index (χ1n) is 7.81. The Kier molecular flexibility index (Phi) is 5.43. The molecule has 0 radical (unpaired) electrons. The van der Waals surface area contributed by atoms with Gasteiger partial charge in [0.05, 0.1) is 12.7 Å². The largest absolute Gasteiger partial charge is 0.311 e. The zero-order valence-electron chi connectivity index (χ0n) is 13.2. The van der Waals surface area contributed by atoms with Gasteiger partial charge >= 0.3 is 0 Å². The van der Waals surface area contributed by atoms with Crippen LogP contribution >= 0.6 is 15.9 Å². The zero-order valence-corrected chi connectivity index (χ0v) is 14.7. The predicted octanol–water partition coefficient (Wildman–Crippen LogP) is 4.27. The van der Waals surface area contributed by atoms with Crippen molar-refractivity contribution in [3.63, 3.8) is 0 Å². The molecule has 0 bridgehead atoms. The van der Waals surface area contributed by atoms with E-state index in [0.29, 0.717) is 19.4 Å². The van der Waals surface area contributed by atoms with Gasteiger partial charge in [-0.25, -0.2) is 4.68 Å². The molecule has 0 unspecified atom stereocenters. The van der Waals surface area contributed by atoms with Crippen LogP contribution in [0.2, 0.25) is 0 Å². The highest BCUT2D eigenvalue weighted by molar-refractivity contribution is 9.10. The topological polar surface area (TPSA) is 46.9 Å². The van der Waals surface area contributed by atoms with E-state index in [1.54, 1.807) is 10.9 Å². The van der Waals surface area contributed by atoms with Gasteiger partial charge in [0.25, 0.3) is 0 Å². The minimum absolute atomic E-state index is 0.0134. The first kappa shape index (κ1) is 16.5. The monoisotopic (exact) mass is 383 g/mol. The van der Waals surface area contributed by atoms with Crippen LogP contribution in [0.4, 0.5) is 5.82 Å². The van der Waals surface area contributed by atoms with Gasteiger partial charge in [-0.15, -0.1) is 0 Å². The Bertz CT molecular complexity index is 814. The number of rotatable bonds is 6. The van der Waals surface area contributed by atoms with Crippen LogP contribution in [-0.4, -0.2) is 15.7 Å². The van der Waals surface area contributed by atoms with Gasteiger partial charge in [-0.05, 0) is 23.6 Å². The highest BCUT2D eigenvalue weighted by Crippen LogP contribution is 2.18. The quantitative estimate of drug-likeness (QED) is 0.690. The van der Waals surface area contributed by atoms with Crippen molar-refractivity contribution in [1.82, 2.24) is 9.78 Å². The molecule has 1 amide bonds. The molecule has 0 aliphatic carbocycles. The number of hydrogen-bond donors (Lipinski definition) is 1. The standard InChI is InChI=1S/C19H18BrN3O/c20-17-9-5-4-8-16(17)10-11-19(24)22-18-12-13-21-23(18)14-15-6-2-1-3-7-15/h1-9,12-13H,10-11,14H2,(H,22,24). The summed E-state index contributed by atoms with van der Waals surface area (Å²) in [5, 5.41) is 7.24. The smallest absolute Gasteiger partial charge is 0.225 e. The Morgan fingerprint density at radius 3 is 2.58 bits per heavy atom. The van der Waals surface area contributed by atoms with E-state index in [1.165, 1.54) is 0 Å². The SMILES string of the molecule is O=C(CCc1ccccc1Br)Nc1ccnn1Cc1ccccc1. The average Bonchev–Trinajstić information content (AvgIpc) is 3.02. The van der Waals surface area contributed by atoms with Crippen molar-refractivity contribution in [2.45, 2.75) is 19.4 Å². The molecular weight excluding hydrogens is 366 g/mol. The summed E-state index contributed by atoms with van der Waals surface area (Å²) in [5.74, 6) is 0.705. The number of aryl methyl sites for hydroxylation is 1. The normalized spacial score (nSPS) is 10.5. The van der Waals surface area contributed by atoms with Crippen LogP contribution in [0.3, 0.4) is 0 Å². The fraction of sp³-hybridized carbons (Fsp3) is 0.158. The van der Waals surface area contributed by atoms with Crippen LogP contribution < -0.4 is 5.32 Å². The molecule has 1 aromatic heterocycles. The summed E-state index contributed by atoms with van der Waals surface area (Å²) in [6.45, 7) is 0.633. The number of anilines is 1. The molecule has 24 heavy (non-hydrogen) atoms. The molecular formula is C19H18BrN3O. The van der Waals surface area contributed by atoms with Crippen molar-refractivity contribution in [2.75, 3.05) is 5.32 Å². The molecule has 1 N–H and O–H groups in total. The number of benzene rings is 2. The molecule has 1 heterocycles. The van der Waals surface area contributed by atoms with E-state index >= 15 is 0 Å². The number of nitrogens with one attached hydrogen (secondary N) is 1. The lowest BCUT2D eigenvalue weighted by atomic mass is 10.1. The number of halogens is 1. The first-order chi connectivity index (χ1) is 11.7. The van der Waals surface area contributed by atoms with E-state index in [0.717, 1.165) is 21.4 Å². The zero-order chi connectivity index (χ0) is 16.8. The minimum Gasteiger partial charge on any atom is -0.311 e. The number of nitrogens with zero attached hydrogens (tertiary/aromatic N) is 2. The third kappa shape index (κ3) is 4.32. The third-order valence-electron chi connectivity index (χ3n) is 3.74. The minimum atomic E-state index is -0.0134. The third-order valence-corrected chi connectivity index (χ3v) is 4.51. The van der Waals surface area contributed by atoms with Crippen LogP contribution in [0, 0.1) is 0 Å². The van der Waals surface area contributed by atoms with Gasteiger partial charge in [-0.3, -0.25) is 4.79 Å². The molecule has 0 saturated carbocycles. The molecule has 2 aromatic carbocycles. The number of hydrogen-bond acceptors (Lipinski definition) is 2. The molecule has 0 saturated heterocycles. The molecule has 0 aliphatic rings. The number of amides is 1. The molecule has 5 heteroatoms. The van der Waals surface area contributed by atoms with Crippen LogP contribution in [0.1, 0.15) is 17.5 Å². The predicted molar refractivity (Wildman–Crippen MR) is 98.9 cm³/mol. The van der Waals surface area contributed by atoms with Gasteiger partial charge in [0, 0.05) is 17.0 Å². The molecule has 0 aliphatic heterocycles. The molecule has 0 spiro atoms. The van der Waals surface area contributed by atoms with E-state index in [4.69, 9.17) is 0 Å². The van der Waals surface area contributed by atoms with Gasteiger partial charge < -0.3 is 5.32 Å². The van der Waals surface area contributed by atoms with Crippen molar-refractivity contribution in [3.05, 3.63) is 82.5 Å². The lowest BCUT2D eigenvalue weighted by molar-refractivity contribution is -0.116. The number of aromatic nitrogens is 2. The van der Waals surface area contributed by atoms with Gasteiger partial charge in [0.15, 0.2) is 0 Å². The van der Waals surface area contributed by atoms with E-state index < -0.39 is 0 Å². The summed E-state index contributed by atoms with van der Waals surface area (Å²) in [5.41, 5.74) is 2.27. The maximum atomic E-state index is 12.2. The van der Waals surface area contributed by atoms with Gasteiger partial charge in [-0.1, -0.05) is 64.5 Å². The summed E-state index contributed by atoms with van der Waals surface area (Å²) < 4.78 is 2.83. The Labute approximate surface area is 149 Å². The molecule has 0 atom stereocenters. The van der Waals surface area contributed by atoms with Gasteiger partial charge in [-0.2, -0.15) is 5.10 Å². The second-order valence-electron chi connectivity index (χ2n) is 5.50. The van der Waals surface area contributed by atoms with Crippen LogP contribution in [0.25, 0.3) is 0 Å². The van der Waals surface area contributed by atoms with Crippen molar-refractivity contribution >= 4 is 27.7 Å². The molecule has 0 fully saturated rings. The summed E-state index contributed by atoms with van der Waals surface area (Å²) in [4.78, 5) is 12.2. The van der Waals surface area contributed by atoms with Crippen LogP contribution in [0.5, 0.6) is 0 Å². The number of carbonyl (C=O) groups excluding carboxylic acids is 1. The summed E-state index contributed by atoms with van der Waals surface area (Å²) >= 11 is 3.51. The molecule has 3 rings (SSSR count). The Hall–Kier alpha value is -2.40.